The Balaban J connectivity index is 1.71. The van der Waals surface area contributed by atoms with Crippen molar-refractivity contribution in [2.24, 2.45) is 0 Å². The summed E-state index contributed by atoms with van der Waals surface area (Å²) in [6.07, 6.45) is 0.521. The number of aromatic nitrogens is 3. The molecule has 2 N–H and O–H groups in total. The van der Waals surface area contributed by atoms with E-state index in [1.54, 1.807) is 47.0 Å². The number of benzene rings is 3. The van der Waals surface area contributed by atoms with E-state index in [4.69, 9.17) is 10.7 Å². The Morgan fingerprint density at radius 2 is 1.55 bits per heavy atom. The minimum atomic E-state index is -3.95. The minimum absolute atomic E-state index is 0.0429. The highest BCUT2D eigenvalue weighted by Gasteiger charge is 2.30. The first-order chi connectivity index (χ1) is 15.8. The molecule has 0 unspecified atom stereocenters. The molecule has 33 heavy (non-hydrogen) atoms. The summed E-state index contributed by atoms with van der Waals surface area (Å²) in [6.45, 7) is 2.26. The number of hydrogen-bond acceptors (Lipinski definition) is 5. The number of nitrogen functional groups attached to an aromatic ring is 1. The predicted molar refractivity (Wildman–Crippen MR) is 126 cm³/mol. The van der Waals surface area contributed by atoms with Gasteiger partial charge in [0.25, 0.3) is 0 Å². The van der Waals surface area contributed by atoms with Crippen molar-refractivity contribution in [1.82, 2.24) is 14.5 Å². The van der Waals surface area contributed by atoms with E-state index >= 15 is 0 Å². The second-order valence-electron chi connectivity index (χ2n) is 7.94. The number of anilines is 1. The Bertz CT molecular complexity index is 1590. The molecular formula is C25H21FN4O2S. The molecule has 0 saturated heterocycles. The second-order valence-corrected chi connectivity index (χ2v) is 9.83. The van der Waals surface area contributed by atoms with Crippen LogP contribution in [0.15, 0.2) is 82.6 Å². The van der Waals surface area contributed by atoms with Crippen molar-refractivity contribution in [3.63, 3.8) is 0 Å². The van der Waals surface area contributed by atoms with Gasteiger partial charge >= 0.3 is 0 Å². The fourth-order valence-electron chi connectivity index (χ4n) is 3.91. The molecule has 166 valence electrons. The van der Waals surface area contributed by atoms with Gasteiger partial charge in [-0.05, 0) is 55.3 Å². The number of nitrogens with two attached hydrogens (primary N) is 1. The molecule has 0 radical (unpaired) electrons. The maximum atomic E-state index is 13.6. The van der Waals surface area contributed by atoms with E-state index in [-0.39, 0.29) is 26.9 Å². The molecule has 0 spiro atoms. The molecule has 0 aliphatic heterocycles. The van der Waals surface area contributed by atoms with Crippen LogP contribution in [-0.4, -0.2) is 23.0 Å². The predicted octanol–water partition coefficient (Wildman–Crippen LogP) is 4.69. The van der Waals surface area contributed by atoms with Gasteiger partial charge in [0.1, 0.15) is 22.0 Å². The van der Waals surface area contributed by atoms with E-state index in [2.05, 4.69) is 4.98 Å². The van der Waals surface area contributed by atoms with Gasteiger partial charge in [-0.15, -0.1) is 0 Å². The Morgan fingerprint density at radius 1 is 0.909 bits per heavy atom. The van der Waals surface area contributed by atoms with Gasteiger partial charge in [0.15, 0.2) is 5.65 Å². The Labute approximate surface area is 190 Å². The van der Waals surface area contributed by atoms with Crippen molar-refractivity contribution in [1.29, 1.82) is 0 Å². The van der Waals surface area contributed by atoms with Gasteiger partial charge in [0.2, 0.25) is 9.84 Å². The Hall–Kier alpha value is -3.78. The van der Waals surface area contributed by atoms with Gasteiger partial charge < -0.3 is 10.3 Å². The van der Waals surface area contributed by atoms with Crippen molar-refractivity contribution in [3.8, 4) is 0 Å². The summed E-state index contributed by atoms with van der Waals surface area (Å²) >= 11 is 0. The molecule has 3 aromatic carbocycles. The molecule has 0 bridgehead atoms. The summed E-state index contributed by atoms with van der Waals surface area (Å²) in [4.78, 5) is 9.45. The van der Waals surface area contributed by atoms with Crippen LogP contribution in [0.4, 0.5) is 10.2 Å². The van der Waals surface area contributed by atoms with Crippen LogP contribution in [0.3, 0.4) is 0 Å². The maximum Gasteiger partial charge on any atom is 0.212 e. The quantitative estimate of drug-likeness (QED) is 0.411. The van der Waals surface area contributed by atoms with Gasteiger partial charge in [0, 0.05) is 6.54 Å². The summed E-state index contributed by atoms with van der Waals surface area (Å²) in [5.74, 6) is -0.225. The zero-order chi connectivity index (χ0) is 23.2. The molecule has 6 nitrogen and oxygen atoms in total. The first-order valence-electron chi connectivity index (χ1n) is 10.5. The van der Waals surface area contributed by atoms with Crippen LogP contribution >= 0.6 is 0 Å². The van der Waals surface area contributed by atoms with E-state index in [0.717, 1.165) is 11.1 Å². The monoisotopic (exact) mass is 460 g/mol. The molecular weight excluding hydrogens is 439 g/mol. The van der Waals surface area contributed by atoms with Crippen LogP contribution < -0.4 is 5.73 Å². The molecule has 0 aliphatic rings. The number of para-hydroxylation sites is 2. The third kappa shape index (κ3) is 3.72. The summed E-state index contributed by atoms with van der Waals surface area (Å²) in [7, 11) is -3.95. The summed E-state index contributed by atoms with van der Waals surface area (Å²) in [6, 6.07) is 20.1. The normalized spacial score (nSPS) is 11.9. The van der Waals surface area contributed by atoms with Crippen molar-refractivity contribution in [2.45, 2.75) is 29.7 Å². The number of nitrogens with zero attached hydrogens (tertiary/aromatic N) is 3. The zero-order valence-corrected chi connectivity index (χ0v) is 18.7. The molecule has 0 amide bonds. The largest absolute Gasteiger partial charge is 0.384 e. The van der Waals surface area contributed by atoms with Gasteiger partial charge in [-0.2, -0.15) is 0 Å². The summed E-state index contributed by atoms with van der Waals surface area (Å²) < 4.78 is 42.2. The van der Waals surface area contributed by atoms with E-state index in [9.17, 15) is 12.8 Å². The van der Waals surface area contributed by atoms with E-state index in [1.165, 1.54) is 12.1 Å². The van der Waals surface area contributed by atoms with Gasteiger partial charge in [-0.25, -0.2) is 22.8 Å². The standard InChI is InChI=1S/C25H21FN4O2S/c1-16-6-12-19(13-7-16)33(31,32)23-22-25(29-21-5-3-2-4-20(21)28-22)30(24(23)27)15-14-17-8-10-18(26)11-9-17/h2-13H,14-15,27H2,1H3. The van der Waals surface area contributed by atoms with Crippen molar-refractivity contribution >= 4 is 37.9 Å². The first-order valence-corrected chi connectivity index (χ1v) is 11.9. The van der Waals surface area contributed by atoms with E-state index in [1.807, 2.05) is 25.1 Å². The van der Waals surface area contributed by atoms with E-state index < -0.39 is 9.84 Å². The van der Waals surface area contributed by atoms with E-state index in [0.29, 0.717) is 29.6 Å². The van der Waals surface area contributed by atoms with Crippen LogP contribution in [0.1, 0.15) is 11.1 Å². The average molecular weight is 461 g/mol. The lowest BCUT2D eigenvalue weighted by molar-refractivity contribution is 0.596. The Morgan fingerprint density at radius 3 is 2.21 bits per heavy atom. The number of hydrogen-bond donors (Lipinski definition) is 1. The number of halogens is 1. The van der Waals surface area contributed by atoms with Crippen molar-refractivity contribution in [2.75, 3.05) is 5.73 Å². The second kappa shape index (κ2) is 7.97. The topological polar surface area (TPSA) is 90.9 Å². The van der Waals surface area contributed by atoms with Gasteiger partial charge in [-0.1, -0.05) is 42.0 Å². The molecule has 0 aliphatic carbocycles. The van der Waals surface area contributed by atoms with Crippen LogP contribution in [0.5, 0.6) is 0 Å². The zero-order valence-electron chi connectivity index (χ0n) is 17.9. The van der Waals surface area contributed by atoms with Gasteiger partial charge in [0.05, 0.1) is 15.9 Å². The highest BCUT2D eigenvalue weighted by Crippen LogP contribution is 2.35. The lowest BCUT2D eigenvalue weighted by atomic mass is 10.1. The molecule has 0 fully saturated rings. The third-order valence-corrected chi connectivity index (χ3v) is 7.52. The number of aryl methyl sites for hydroxylation is 3. The first kappa shape index (κ1) is 21.1. The summed E-state index contributed by atoms with van der Waals surface area (Å²) in [5.41, 5.74) is 10.2. The Kier molecular flexibility index (Phi) is 5.09. The number of fused-ring (bicyclic) bond motifs is 2. The number of sulfone groups is 1. The lowest BCUT2D eigenvalue weighted by Crippen LogP contribution is -2.09. The van der Waals surface area contributed by atoms with Crippen LogP contribution in [0.2, 0.25) is 0 Å². The SMILES string of the molecule is Cc1ccc(S(=O)(=O)c2c(N)n(CCc3ccc(F)cc3)c3nc4ccccc4nc23)cc1. The highest BCUT2D eigenvalue weighted by molar-refractivity contribution is 7.92. The highest BCUT2D eigenvalue weighted by atomic mass is 32.2. The van der Waals surface area contributed by atoms with Crippen LogP contribution in [0.25, 0.3) is 22.2 Å². The average Bonchev–Trinajstić information content (AvgIpc) is 3.08. The molecule has 0 atom stereocenters. The maximum absolute atomic E-state index is 13.6. The summed E-state index contributed by atoms with van der Waals surface area (Å²) in [5, 5.41) is 0. The van der Waals surface area contributed by atoms with Gasteiger partial charge in [-0.3, -0.25) is 0 Å². The van der Waals surface area contributed by atoms with Crippen molar-refractivity contribution < 1.29 is 12.8 Å². The fourth-order valence-corrected chi connectivity index (χ4v) is 5.41. The fraction of sp³-hybridized carbons (Fsp3) is 0.120. The molecule has 5 aromatic rings. The van der Waals surface area contributed by atoms with Crippen molar-refractivity contribution in [3.05, 3.63) is 89.7 Å². The van der Waals surface area contributed by atoms with Crippen LogP contribution in [0, 0.1) is 12.7 Å². The molecule has 8 heteroatoms. The molecule has 5 rings (SSSR count). The molecule has 0 saturated carbocycles. The minimum Gasteiger partial charge on any atom is -0.384 e. The smallest absolute Gasteiger partial charge is 0.212 e. The lowest BCUT2D eigenvalue weighted by Gasteiger charge is -2.09. The molecule has 2 aromatic heterocycles. The van der Waals surface area contributed by atoms with Crippen LogP contribution in [-0.2, 0) is 22.8 Å². The molecule has 2 heterocycles. The number of rotatable bonds is 5. The third-order valence-electron chi connectivity index (χ3n) is 5.68.